The monoisotopic (exact) mass is 93.0 g/mol. The molecule has 0 saturated carbocycles. The number of hydrogen-bond donors (Lipinski definition) is 1. The van der Waals surface area contributed by atoms with E-state index in [1.807, 2.05) is 0 Å². The van der Waals surface area contributed by atoms with Gasteiger partial charge in [-0.25, -0.2) is 0 Å². The molecular weight excluding hydrogens is 91.0 g/mol. The van der Waals surface area contributed by atoms with E-state index in [1.54, 1.807) is 5.32 Å². The van der Waals surface area contributed by atoms with E-state index in [1.165, 1.54) is 6.19 Å². The Morgan fingerprint density at radius 3 is 2.33 bits per heavy atom. The summed E-state index contributed by atoms with van der Waals surface area (Å²) in [7, 11) is 0. The molecule has 0 bridgehead atoms. The Kier molecular flexibility index (Phi) is 13.8. The maximum Gasteiger partial charge on any atom is 1.00 e. The largest absolute Gasteiger partial charge is 1.00 e. The van der Waals surface area contributed by atoms with Crippen LogP contribution in [0, 0.1) is 11.5 Å². The average molecular weight is 93.0 g/mol. The number of hydrogen-bond acceptors (Lipinski definition) is 2. The van der Waals surface area contributed by atoms with Crippen molar-refractivity contribution in [1.29, 1.82) is 5.26 Å². The summed E-state index contributed by atoms with van der Waals surface area (Å²) in [5.41, 5.74) is 0. The van der Waals surface area contributed by atoms with Gasteiger partial charge in [0.2, 0.25) is 6.41 Å². The maximum absolute atomic E-state index is 9.07. The number of nitrogens with one attached hydrogen (secondary N) is 1. The molecule has 1 amide bonds. The van der Waals surface area contributed by atoms with Gasteiger partial charge in [-0.2, -0.15) is 5.26 Å². The summed E-state index contributed by atoms with van der Waals surface area (Å²) in [5.74, 6) is 0. The van der Waals surface area contributed by atoms with Crippen molar-refractivity contribution in [3.05, 3.63) is 0 Å². The average Bonchev–Trinajstić information content (AvgIpc) is 1.41. The van der Waals surface area contributed by atoms with E-state index in [9.17, 15) is 0 Å². The van der Waals surface area contributed by atoms with Crippen LogP contribution in [0.15, 0.2) is 0 Å². The summed E-state index contributed by atoms with van der Waals surface area (Å²) >= 11 is 0. The quantitative estimate of drug-likeness (QED) is 0.156. The number of nitrogens with zero attached hydrogens (tertiary/aromatic N) is 1. The van der Waals surface area contributed by atoms with Gasteiger partial charge in [0.05, 0.1) is 0 Å². The molecule has 0 aromatic carbocycles. The maximum atomic E-state index is 9.07. The Bertz CT molecular complexity index is 66.4. The van der Waals surface area contributed by atoms with E-state index in [0.717, 1.165) is 0 Å². The van der Waals surface area contributed by atoms with Crippen LogP contribution in [0.2, 0.25) is 0 Å². The zero-order valence-electron chi connectivity index (χ0n) is 3.43. The fourth-order valence-electron chi connectivity index (χ4n) is 0.0264. The van der Waals surface area contributed by atoms with Gasteiger partial charge in [-0.3, -0.25) is 10.1 Å². The first kappa shape index (κ1) is 9.35. The number of carbonyl (C=O) groups is 1. The molecule has 0 aliphatic heterocycles. The molecule has 4 heteroatoms. The molecule has 0 unspecified atom stereocenters. The molecule has 0 atom stereocenters. The minimum absolute atomic E-state index is 0. The third-order valence-electron chi connectivity index (χ3n) is 0.123. The molecular formula is C2H2N2NaO+. The SMILES string of the molecule is N#CNC=O.[Na+]. The van der Waals surface area contributed by atoms with Crippen LogP contribution in [0.25, 0.3) is 0 Å². The molecule has 6 heavy (non-hydrogen) atoms. The third kappa shape index (κ3) is 9.03. The molecule has 26 valence electrons. The normalized spacial score (nSPS) is 3.83. The molecule has 0 fully saturated rings. The summed E-state index contributed by atoms with van der Waals surface area (Å²) in [4.78, 5) is 9.07. The van der Waals surface area contributed by atoms with Gasteiger partial charge in [-0.1, -0.05) is 0 Å². The number of nitriles is 1. The van der Waals surface area contributed by atoms with Crippen molar-refractivity contribution < 1.29 is 34.4 Å². The Labute approximate surface area is 57.6 Å². The van der Waals surface area contributed by atoms with Crippen LogP contribution in [0.5, 0.6) is 0 Å². The first-order valence-electron chi connectivity index (χ1n) is 0.998. The standard InChI is InChI=1S/C2H2N2O.Na/c3-1-4-2-5;/h2H,(H,4,5);/q;+1. The topological polar surface area (TPSA) is 52.9 Å². The van der Waals surface area contributed by atoms with E-state index in [-0.39, 0.29) is 29.6 Å². The Hall–Kier alpha value is -0.0400. The van der Waals surface area contributed by atoms with Crippen molar-refractivity contribution in [3.8, 4) is 6.19 Å². The van der Waals surface area contributed by atoms with Crippen molar-refractivity contribution in [3.63, 3.8) is 0 Å². The second-order valence-electron chi connectivity index (χ2n) is 0.374. The van der Waals surface area contributed by atoms with Crippen LogP contribution in [-0.4, -0.2) is 6.41 Å². The first-order valence-corrected chi connectivity index (χ1v) is 0.998. The van der Waals surface area contributed by atoms with Crippen LogP contribution in [0.1, 0.15) is 0 Å². The van der Waals surface area contributed by atoms with Crippen LogP contribution in [0.4, 0.5) is 0 Å². The van der Waals surface area contributed by atoms with E-state index in [0.29, 0.717) is 6.41 Å². The molecule has 0 aliphatic rings. The molecule has 0 aliphatic carbocycles. The first-order chi connectivity index (χ1) is 2.41. The molecule has 0 heterocycles. The summed E-state index contributed by atoms with van der Waals surface area (Å²) in [6, 6.07) is 0. The van der Waals surface area contributed by atoms with Crippen molar-refractivity contribution in [2.24, 2.45) is 0 Å². The predicted octanol–water partition coefficient (Wildman–Crippen LogP) is -3.78. The van der Waals surface area contributed by atoms with Gasteiger partial charge in [-0.05, 0) is 0 Å². The second-order valence-corrected chi connectivity index (χ2v) is 0.374. The van der Waals surface area contributed by atoms with Crippen molar-refractivity contribution >= 4 is 6.41 Å². The van der Waals surface area contributed by atoms with Gasteiger partial charge >= 0.3 is 29.6 Å². The van der Waals surface area contributed by atoms with Gasteiger partial charge in [0.15, 0.2) is 6.19 Å². The van der Waals surface area contributed by atoms with Crippen LogP contribution in [-0.2, 0) is 4.79 Å². The van der Waals surface area contributed by atoms with Gasteiger partial charge in [0, 0.05) is 0 Å². The Morgan fingerprint density at radius 2 is 2.33 bits per heavy atom. The summed E-state index contributed by atoms with van der Waals surface area (Å²) in [6.45, 7) is 0. The molecule has 3 nitrogen and oxygen atoms in total. The molecule has 0 aromatic rings. The van der Waals surface area contributed by atoms with Gasteiger partial charge in [-0.15, -0.1) is 0 Å². The minimum Gasteiger partial charge on any atom is -0.278 e. The van der Waals surface area contributed by atoms with Gasteiger partial charge in [0.25, 0.3) is 0 Å². The van der Waals surface area contributed by atoms with E-state index >= 15 is 0 Å². The van der Waals surface area contributed by atoms with Gasteiger partial charge in [0.1, 0.15) is 0 Å². The van der Waals surface area contributed by atoms with Crippen molar-refractivity contribution in [1.82, 2.24) is 5.32 Å². The van der Waals surface area contributed by atoms with Crippen LogP contribution < -0.4 is 34.9 Å². The molecule has 1 N–H and O–H groups in total. The van der Waals surface area contributed by atoms with E-state index < -0.39 is 0 Å². The Balaban J connectivity index is 0. The number of rotatable bonds is 1. The van der Waals surface area contributed by atoms with Crippen LogP contribution in [0.3, 0.4) is 0 Å². The number of amides is 1. The van der Waals surface area contributed by atoms with E-state index in [2.05, 4.69) is 0 Å². The molecule has 0 rings (SSSR count). The molecule has 0 aromatic heterocycles. The number of carbonyl (C=O) groups excluding carboxylic acids is 1. The third-order valence-corrected chi connectivity index (χ3v) is 0.123. The Morgan fingerprint density at radius 1 is 1.83 bits per heavy atom. The molecule has 0 saturated heterocycles. The fourth-order valence-corrected chi connectivity index (χ4v) is 0.0264. The van der Waals surface area contributed by atoms with Gasteiger partial charge < -0.3 is 0 Å². The summed E-state index contributed by atoms with van der Waals surface area (Å²) in [6.07, 6.45) is 1.72. The molecule has 0 radical (unpaired) electrons. The minimum atomic E-state index is 0. The fraction of sp³-hybridized carbons (Fsp3) is 0. The van der Waals surface area contributed by atoms with Crippen LogP contribution >= 0.6 is 0 Å². The van der Waals surface area contributed by atoms with E-state index in [4.69, 9.17) is 10.1 Å². The van der Waals surface area contributed by atoms with Crippen molar-refractivity contribution in [2.45, 2.75) is 0 Å². The predicted molar refractivity (Wildman–Crippen MR) is 14.8 cm³/mol. The summed E-state index contributed by atoms with van der Waals surface area (Å²) < 4.78 is 0. The molecule has 0 spiro atoms. The second kappa shape index (κ2) is 8.88. The zero-order chi connectivity index (χ0) is 4.12. The smallest absolute Gasteiger partial charge is 0.278 e. The summed E-state index contributed by atoms with van der Waals surface area (Å²) in [5, 5.41) is 9.21. The zero-order valence-corrected chi connectivity index (χ0v) is 5.43. The van der Waals surface area contributed by atoms with Crippen molar-refractivity contribution in [2.75, 3.05) is 0 Å².